The SMILES string of the molecule is CCC(CSCC(N)=O)c1nnnn1CC. The molecule has 1 unspecified atom stereocenters. The van der Waals surface area contributed by atoms with Crippen molar-refractivity contribution in [3.63, 3.8) is 0 Å². The molecule has 0 saturated heterocycles. The molecule has 1 aromatic rings. The smallest absolute Gasteiger partial charge is 0.227 e. The Morgan fingerprint density at radius 2 is 2.31 bits per heavy atom. The van der Waals surface area contributed by atoms with Crippen LogP contribution in [0.5, 0.6) is 0 Å². The van der Waals surface area contributed by atoms with Crippen LogP contribution in [0.25, 0.3) is 0 Å². The topological polar surface area (TPSA) is 86.7 Å². The van der Waals surface area contributed by atoms with Crippen LogP contribution in [0.15, 0.2) is 0 Å². The number of amides is 1. The molecule has 0 bridgehead atoms. The first-order valence-electron chi connectivity index (χ1n) is 5.31. The summed E-state index contributed by atoms with van der Waals surface area (Å²) < 4.78 is 1.79. The van der Waals surface area contributed by atoms with E-state index in [1.54, 1.807) is 4.68 Å². The number of aromatic nitrogens is 4. The monoisotopic (exact) mass is 243 g/mol. The molecule has 6 nitrogen and oxygen atoms in total. The first-order valence-corrected chi connectivity index (χ1v) is 6.46. The maximum absolute atomic E-state index is 10.6. The zero-order chi connectivity index (χ0) is 12.0. The number of hydrogen-bond acceptors (Lipinski definition) is 5. The third-order valence-electron chi connectivity index (χ3n) is 2.28. The summed E-state index contributed by atoms with van der Waals surface area (Å²) in [5.41, 5.74) is 5.09. The van der Waals surface area contributed by atoms with Crippen LogP contribution in [0.1, 0.15) is 32.0 Å². The van der Waals surface area contributed by atoms with Crippen molar-refractivity contribution in [1.29, 1.82) is 0 Å². The molecule has 0 aliphatic heterocycles. The summed E-state index contributed by atoms with van der Waals surface area (Å²) in [4.78, 5) is 10.6. The number of primary amides is 1. The largest absolute Gasteiger partial charge is 0.369 e. The van der Waals surface area contributed by atoms with E-state index in [4.69, 9.17) is 5.73 Å². The normalized spacial score (nSPS) is 12.6. The van der Waals surface area contributed by atoms with Gasteiger partial charge in [0.2, 0.25) is 5.91 Å². The van der Waals surface area contributed by atoms with Gasteiger partial charge in [0.05, 0.1) is 5.75 Å². The lowest BCUT2D eigenvalue weighted by Gasteiger charge is -2.12. The Bertz CT molecular complexity index is 340. The Morgan fingerprint density at radius 1 is 1.56 bits per heavy atom. The number of thioether (sulfide) groups is 1. The fourth-order valence-electron chi connectivity index (χ4n) is 1.41. The molecule has 0 aliphatic rings. The molecule has 0 spiro atoms. The lowest BCUT2D eigenvalue weighted by molar-refractivity contribution is -0.115. The number of carbonyl (C=O) groups excluding carboxylic acids is 1. The second kappa shape index (κ2) is 6.47. The van der Waals surface area contributed by atoms with E-state index in [-0.39, 0.29) is 11.8 Å². The fraction of sp³-hybridized carbons (Fsp3) is 0.778. The average molecular weight is 243 g/mol. The minimum Gasteiger partial charge on any atom is -0.369 e. The second-order valence-corrected chi connectivity index (χ2v) is 4.47. The number of aryl methyl sites for hydroxylation is 1. The van der Waals surface area contributed by atoms with E-state index in [9.17, 15) is 4.79 Å². The maximum Gasteiger partial charge on any atom is 0.227 e. The van der Waals surface area contributed by atoms with Gasteiger partial charge in [-0.05, 0) is 23.8 Å². The van der Waals surface area contributed by atoms with Gasteiger partial charge in [-0.15, -0.1) is 5.10 Å². The molecule has 90 valence electrons. The van der Waals surface area contributed by atoms with Crippen LogP contribution in [0.2, 0.25) is 0 Å². The van der Waals surface area contributed by atoms with Crippen molar-refractivity contribution in [2.24, 2.45) is 5.73 Å². The van der Waals surface area contributed by atoms with Gasteiger partial charge in [0.15, 0.2) is 5.82 Å². The highest BCUT2D eigenvalue weighted by Crippen LogP contribution is 2.21. The molecule has 0 radical (unpaired) electrons. The predicted molar refractivity (Wildman–Crippen MR) is 63.0 cm³/mol. The number of nitrogens with two attached hydrogens (primary N) is 1. The molecule has 2 N–H and O–H groups in total. The van der Waals surface area contributed by atoms with E-state index in [1.807, 2.05) is 6.92 Å². The van der Waals surface area contributed by atoms with E-state index in [0.717, 1.165) is 24.5 Å². The van der Waals surface area contributed by atoms with Gasteiger partial charge in [0.1, 0.15) is 0 Å². The van der Waals surface area contributed by atoms with Crippen molar-refractivity contribution < 1.29 is 4.79 Å². The van der Waals surface area contributed by atoms with E-state index in [2.05, 4.69) is 22.4 Å². The molecule has 16 heavy (non-hydrogen) atoms. The van der Waals surface area contributed by atoms with Gasteiger partial charge in [0, 0.05) is 18.2 Å². The first kappa shape index (κ1) is 13.0. The van der Waals surface area contributed by atoms with Crippen LogP contribution in [0.4, 0.5) is 0 Å². The predicted octanol–water partition coefficient (Wildman–Crippen LogP) is 0.405. The summed E-state index contributed by atoms with van der Waals surface area (Å²) >= 11 is 1.53. The molecule has 0 aromatic carbocycles. The van der Waals surface area contributed by atoms with E-state index in [1.165, 1.54) is 11.8 Å². The quantitative estimate of drug-likeness (QED) is 0.749. The number of hydrogen-bond donors (Lipinski definition) is 1. The van der Waals surface area contributed by atoms with Gasteiger partial charge in [0.25, 0.3) is 0 Å². The van der Waals surface area contributed by atoms with Gasteiger partial charge < -0.3 is 5.73 Å². The van der Waals surface area contributed by atoms with Gasteiger partial charge in [-0.3, -0.25) is 4.79 Å². The molecule has 7 heteroatoms. The Hall–Kier alpha value is -1.11. The lowest BCUT2D eigenvalue weighted by Crippen LogP contribution is -2.16. The van der Waals surface area contributed by atoms with Crippen LogP contribution >= 0.6 is 11.8 Å². The van der Waals surface area contributed by atoms with E-state index < -0.39 is 0 Å². The second-order valence-electron chi connectivity index (χ2n) is 3.44. The molecule has 1 aromatic heterocycles. The van der Waals surface area contributed by atoms with Crippen LogP contribution in [-0.4, -0.2) is 37.6 Å². The van der Waals surface area contributed by atoms with Crippen molar-refractivity contribution in [3.05, 3.63) is 5.82 Å². The lowest BCUT2D eigenvalue weighted by atomic mass is 10.1. The molecule has 1 amide bonds. The molecule has 0 fully saturated rings. The van der Waals surface area contributed by atoms with Crippen molar-refractivity contribution >= 4 is 17.7 Å². The first-order chi connectivity index (χ1) is 7.69. The number of nitrogens with zero attached hydrogens (tertiary/aromatic N) is 4. The highest BCUT2D eigenvalue weighted by atomic mass is 32.2. The third-order valence-corrected chi connectivity index (χ3v) is 3.41. The Labute approximate surface area is 99.0 Å². The summed E-state index contributed by atoms with van der Waals surface area (Å²) in [5, 5.41) is 11.6. The molecule has 1 atom stereocenters. The minimum absolute atomic E-state index is 0.277. The molecule has 0 saturated carbocycles. The highest BCUT2D eigenvalue weighted by molar-refractivity contribution is 7.99. The van der Waals surface area contributed by atoms with Gasteiger partial charge in [-0.2, -0.15) is 11.8 Å². The molecule has 1 rings (SSSR count). The number of tetrazole rings is 1. The highest BCUT2D eigenvalue weighted by Gasteiger charge is 2.16. The van der Waals surface area contributed by atoms with Crippen LogP contribution < -0.4 is 5.73 Å². The van der Waals surface area contributed by atoms with Crippen LogP contribution in [-0.2, 0) is 11.3 Å². The third kappa shape index (κ3) is 3.48. The maximum atomic E-state index is 10.6. The van der Waals surface area contributed by atoms with Gasteiger partial charge in [-0.25, -0.2) is 4.68 Å². The van der Waals surface area contributed by atoms with Crippen molar-refractivity contribution in [1.82, 2.24) is 20.2 Å². The Balaban J connectivity index is 2.56. The van der Waals surface area contributed by atoms with Crippen molar-refractivity contribution in [2.45, 2.75) is 32.7 Å². The van der Waals surface area contributed by atoms with E-state index in [0.29, 0.717) is 5.75 Å². The fourth-order valence-corrected chi connectivity index (χ4v) is 2.39. The molecule has 0 aliphatic carbocycles. The summed E-state index contributed by atoms with van der Waals surface area (Å²) in [6, 6.07) is 0. The molecule has 1 heterocycles. The Morgan fingerprint density at radius 3 is 2.88 bits per heavy atom. The standard InChI is InChI=1S/C9H17N5OS/c1-3-7(5-16-6-8(10)15)9-11-12-13-14(9)4-2/h7H,3-6H2,1-2H3,(H2,10,15). The number of rotatable bonds is 7. The van der Waals surface area contributed by atoms with Crippen LogP contribution in [0.3, 0.4) is 0 Å². The molecular formula is C9H17N5OS. The van der Waals surface area contributed by atoms with Crippen molar-refractivity contribution in [2.75, 3.05) is 11.5 Å². The van der Waals surface area contributed by atoms with Gasteiger partial charge in [-0.1, -0.05) is 6.92 Å². The minimum atomic E-state index is -0.282. The summed E-state index contributed by atoms with van der Waals surface area (Å²) in [7, 11) is 0. The zero-order valence-electron chi connectivity index (χ0n) is 9.59. The summed E-state index contributed by atoms with van der Waals surface area (Å²) in [5.74, 6) is 2.06. The zero-order valence-corrected chi connectivity index (χ0v) is 10.4. The number of carbonyl (C=O) groups is 1. The van der Waals surface area contributed by atoms with Crippen molar-refractivity contribution in [3.8, 4) is 0 Å². The van der Waals surface area contributed by atoms with E-state index >= 15 is 0 Å². The summed E-state index contributed by atoms with van der Waals surface area (Å²) in [6.07, 6.45) is 0.951. The van der Waals surface area contributed by atoms with Gasteiger partial charge >= 0.3 is 0 Å². The molecular weight excluding hydrogens is 226 g/mol. The Kier molecular flexibility index (Phi) is 5.24. The summed E-state index contributed by atoms with van der Waals surface area (Å²) in [6.45, 7) is 4.85. The average Bonchev–Trinajstić information content (AvgIpc) is 2.72. The van der Waals surface area contributed by atoms with Crippen LogP contribution in [0, 0.1) is 0 Å².